The molecule has 186 valence electrons. The van der Waals surface area contributed by atoms with Gasteiger partial charge in [0.15, 0.2) is 11.5 Å². The predicted molar refractivity (Wildman–Crippen MR) is 134 cm³/mol. The summed E-state index contributed by atoms with van der Waals surface area (Å²) in [6.45, 7) is 1.03. The van der Waals surface area contributed by atoms with Gasteiger partial charge in [0.1, 0.15) is 0 Å². The molecule has 1 saturated carbocycles. The summed E-state index contributed by atoms with van der Waals surface area (Å²) in [6.07, 6.45) is 4.70. The van der Waals surface area contributed by atoms with E-state index in [1.54, 1.807) is 26.4 Å². The van der Waals surface area contributed by atoms with Crippen LogP contribution in [0.3, 0.4) is 0 Å². The number of aromatic carboxylic acids is 1. The van der Waals surface area contributed by atoms with E-state index in [4.69, 9.17) is 14.6 Å². The number of carbonyl (C=O) groups is 2. The van der Waals surface area contributed by atoms with Crippen LogP contribution in [-0.4, -0.2) is 61.6 Å². The van der Waals surface area contributed by atoms with Gasteiger partial charge in [0.05, 0.1) is 19.8 Å². The van der Waals surface area contributed by atoms with Crippen LogP contribution < -0.4 is 20.2 Å². The Kier molecular flexibility index (Phi) is 7.25. The second-order valence-corrected chi connectivity index (χ2v) is 9.31. The molecular weight excluding hydrogens is 448 g/mol. The lowest BCUT2D eigenvalue weighted by molar-refractivity contribution is 0.0697. The number of fused-ring (bicyclic) bond motifs is 1. The van der Waals surface area contributed by atoms with Crippen molar-refractivity contribution in [2.45, 2.75) is 38.1 Å². The highest BCUT2D eigenvalue weighted by molar-refractivity contribution is 5.93. The zero-order chi connectivity index (χ0) is 25.0. The number of anilines is 1. The zero-order valence-corrected chi connectivity index (χ0v) is 20.3. The molecule has 2 aromatic rings. The number of carboxylic acid groups (broad SMARTS) is 1. The molecule has 0 unspecified atom stereocenters. The van der Waals surface area contributed by atoms with Crippen molar-refractivity contribution in [3.63, 3.8) is 0 Å². The first kappa shape index (κ1) is 24.5. The van der Waals surface area contributed by atoms with Gasteiger partial charge in [-0.15, -0.1) is 0 Å². The van der Waals surface area contributed by atoms with E-state index in [9.17, 15) is 9.59 Å². The quantitative estimate of drug-likeness (QED) is 0.517. The smallest absolute Gasteiger partial charge is 0.339 e. The van der Waals surface area contributed by atoms with Gasteiger partial charge in [0, 0.05) is 23.9 Å². The normalized spacial score (nSPS) is 22.9. The average molecular weight is 481 g/mol. The summed E-state index contributed by atoms with van der Waals surface area (Å²) in [6, 6.07) is 12.0. The van der Waals surface area contributed by atoms with Crippen molar-refractivity contribution in [2.75, 3.05) is 33.1 Å². The summed E-state index contributed by atoms with van der Waals surface area (Å²) < 4.78 is 10.9. The monoisotopic (exact) mass is 480 g/mol. The summed E-state index contributed by atoms with van der Waals surface area (Å²) in [5.41, 5.74) is 5.62. The van der Waals surface area contributed by atoms with Crippen molar-refractivity contribution >= 4 is 23.4 Å². The van der Waals surface area contributed by atoms with Gasteiger partial charge >= 0.3 is 12.0 Å². The Morgan fingerprint density at radius 2 is 1.86 bits per heavy atom. The van der Waals surface area contributed by atoms with E-state index in [2.05, 4.69) is 39.9 Å². The summed E-state index contributed by atoms with van der Waals surface area (Å²) in [5.74, 6) is 0.466. The molecule has 0 radical (unpaired) electrons. The fourth-order valence-corrected chi connectivity index (χ4v) is 5.35. The molecule has 0 aromatic heterocycles. The number of ether oxygens (including phenoxy) is 2. The van der Waals surface area contributed by atoms with Crippen molar-refractivity contribution in [1.82, 2.24) is 10.3 Å². The average Bonchev–Trinajstić information content (AvgIpc) is 3.18. The number of urea groups is 1. The van der Waals surface area contributed by atoms with Crippen LogP contribution in [0.4, 0.5) is 10.5 Å². The molecule has 1 saturated heterocycles. The number of rotatable bonds is 7. The van der Waals surface area contributed by atoms with Gasteiger partial charge in [-0.1, -0.05) is 6.07 Å². The summed E-state index contributed by atoms with van der Waals surface area (Å²) >= 11 is 0. The minimum absolute atomic E-state index is 0.154. The van der Waals surface area contributed by atoms with Gasteiger partial charge in [-0.25, -0.2) is 15.0 Å². The van der Waals surface area contributed by atoms with Crippen LogP contribution in [0.25, 0.3) is 0 Å². The minimum atomic E-state index is -1.01. The Labute approximate surface area is 205 Å². The summed E-state index contributed by atoms with van der Waals surface area (Å²) in [4.78, 5) is 25.7. The number of amides is 2. The van der Waals surface area contributed by atoms with Crippen LogP contribution in [0.15, 0.2) is 47.6 Å². The van der Waals surface area contributed by atoms with Crippen molar-refractivity contribution in [2.24, 2.45) is 10.5 Å². The number of hydrogen-bond acceptors (Lipinski definition) is 6. The van der Waals surface area contributed by atoms with E-state index in [-0.39, 0.29) is 11.0 Å². The Balaban J connectivity index is 1.39. The molecule has 2 amide bonds. The molecule has 1 aliphatic carbocycles. The van der Waals surface area contributed by atoms with E-state index in [1.807, 2.05) is 6.07 Å². The largest absolute Gasteiger partial charge is 0.493 e. The van der Waals surface area contributed by atoms with E-state index >= 15 is 0 Å². The second-order valence-electron chi connectivity index (χ2n) is 9.31. The van der Waals surface area contributed by atoms with E-state index < -0.39 is 12.0 Å². The Bertz CT molecular complexity index is 1120. The lowest BCUT2D eigenvalue weighted by Gasteiger charge is -2.42. The highest BCUT2D eigenvalue weighted by atomic mass is 16.5. The number of nitrogens with one attached hydrogen (secondary N) is 2. The first-order chi connectivity index (χ1) is 16.8. The number of carbonyl (C=O) groups excluding carboxylic acids is 1. The maximum atomic E-state index is 12.3. The highest BCUT2D eigenvalue weighted by Crippen LogP contribution is 2.48. The van der Waals surface area contributed by atoms with E-state index in [0.29, 0.717) is 11.7 Å². The van der Waals surface area contributed by atoms with Crippen LogP contribution in [0.1, 0.15) is 41.6 Å². The number of benzene rings is 2. The number of hydrogen-bond donors (Lipinski definition) is 3. The van der Waals surface area contributed by atoms with Crippen molar-refractivity contribution in [3.8, 4) is 11.5 Å². The Morgan fingerprint density at radius 3 is 2.54 bits per heavy atom. The maximum absolute atomic E-state index is 12.3. The van der Waals surface area contributed by atoms with Gasteiger partial charge in [-0.05, 0) is 86.7 Å². The van der Waals surface area contributed by atoms with Crippen LogP contribution in [0, 0.1) is 5.41 Å². The molecule has 0 spiro atoms. The second kappa shape index (κ2) is 10.4. The van der Waals surface area contributed by atoms with E-state index in [1.165, 1.54) is 17.7 Å². The standard InChI is InChI=1S/C26H32N4O5/c1-30-13-12-26(16-17-4-9-21(34-2)22(14-17)35-3)11-10-20(15-23(26)30)28-29-25(33)27-19-7-5-18(6-8-19)24(31)32/h4-9,14,23H,10-13,15-16H2,1-3H3,(H,31,32)(H2,27,29,33)/b28-20+/t23-,26-/m0/s1. The number of likely N-dealkylation sites (tertiary alicyclic amines) is 1. The third-order valence-electron chi connectivity index (χ3n) is 7.25. The summed E-state index contributed by atoms with van der Waals surface area (Å²) in [7, 11) is 5.46. The van der Waals surface area contributed by atoms with Crippen LogP contribution in [-0.2, 0) is 6.42 Å². The number of hydrazone groups is 1. The molecule has 9 heteroatoms. The molecule has 2 fully saturated rings. The molecule has 2 aliphatic rings. The third-order valence-corrected chi connectivity index (χ3v) is 7.25. The first-order valence-electron chi connectivity index (χ1n) is 11.7. The van der Waals surface area contributed by atoms with E-state index in [0.717, 1.165) is 55.9 Å². The van der Waals surface area contributed by atoms with Crippen molar-refractivity contribution < 1.29 is 24.2 Å². The van der Waals surface area contributed by atoms with Crippen LogP contribution in [0.2, 0.25) is 0 Å². The Morgan fingerprint density at radius 1 is 1.11 bits per heavy atom. The van der Waals surface area contributed by atoms with Gasteiger partial charge in [-0.3, -0.25) is 0 Å². The lowest BCUT2D eigenvalue weighted by Crippen LogP contribution is -2.45. The fraction of sp³-hybridized carbons (Fsp3) is 0.423. The SMILES string of the molecule is COc1ccc(C[C@@]23CC/C(=N\NC(=O)Nc4ccc(C(=O)O)cc4)C[C@@H]2N(C)CC3)cc1OC. The molecule has 3 N–H and O–H groups in total. The zero-order valence-electron chi connectivity index (χ0n) is 20.3. The van der Waals surface area contributed by atoms with Crippen molar-refractivity contribution in [1.29, 1.82) is 0 Å². The molecule has 1 heterocycles. The Hall–Kier alpha value is -3.59. The van der Waals surface area contributed by atoms with Crippen LogP contribution >= 0.6 is 0 Å². The van der Waals surface area contributed by atoms with Gasteiger partial charge < -0.3 is 24.8 Å². The number of nitrogens with zero attached hydrogens (tertiary/aromatic N) is 2. The maximum Gasteiger partial charge on any atom is 0.339 e. The van der Waals surface area contributed by atoms with Gasteiger partial charge in [0.25, 0.3) is 0 Å². The number of carboxylic acids is 1. The molecule has 9 nitrogen and oxygen atoms in total. The number of methoxy groups -OCH3 is 2. The van der Waals surface area contributed by atoms with Gasteiger partial charge in [-0.2, -0.15) is 5.10 Å². The molecule has 2 atom stereocenters. The molecule has 2 aromatic carbocycles. The molecule has 35 heavy (non-hydrogen) atoms. The fourth-order valence-electron chi connectivity index (χ4n) is 5.35. The minimum Gasteiger partial charge on any atom is -0.493 e. The lowest BCUT2D eigenvalue weighted by atomic mass is 9.66. The summed E-state index contributed by atoms with van der Waals surface area (Å²) in [5, 5.41) is 16.1. The predicted octanol–water partition coefficient (Wildman–Crippen LogP) is 4.00. The first-order valence-corrected chi connectivity index (χ1v) is 11.7. The van der Waals surface area contributed by atoms with Crippen LogP contribution in [0.5, 0.6) is 11.5 Å². The van der Waals surface area contributed by atoms with Crippen molar-refractivity contribution in [3.05, 3.63) is 53.6 Å². The molecule has 0 bridgehead atoms. The van der Waals surface area contributed by atoms with Gasteiger partial charge in [0.2, 0.25) is 0 Å². The molecular formula is C26H32N4O5. The molecule has 1 aliphatic heterocycles. The topological polar surface area (TPSA) is 112 Å². The third kappa shape index (κ3) is 5.40. The molecule has 4 rings (SSSR count). The highest BCUT2D eigenvalue weighted by Gasteiger charge is 2.48.